The van der Waals surface area contributed by atoms with Gasteiger partial charge >= 0.3 is 5.97 Å². The molecule has 0 aliphatic carbocycles. The highest BCUT2D eigenvalue weighted by atomic mass is 16.4. The number of aliphatic carboxylic acids is 1. The fourth-order valence-electron chi connectivity index (χ4n) is 4.70. The number of aliphatic hydroxyl groups excluding tert-OH is 2. The van der Waals surface area contributed by atoms with Crippen LogP contribution in [0.4, 0.5) is 0 Å². The zero-order valence-corrected chi connectivity index (χ0v) is 31.4. The topological polar surface area (TPSA) is 307 Å². The minimum absolute atomic E-state index is 0.0825. The lowest BCUT2D eigenvalue weighted by molar-refractivity contribution is -0.142. The molecule has 12 N–H and O–H groups in total. The van der Waals surface area contributed by atoms with Crippen LogP contribution in [0, 0.1) is 11.8 Å². The Hall–Kier alpha value is -4.36. The molecular weight excluding hydrogens is 684 g/mol. The summed E-state index contributed by atoms with van der Waals surface area (Å²) in [5.74, 6) is -7.37. The van der Waals surface area contributed by atoms with Gasteiger partial charge in [0, 0.05) is 0 Å². The average molecular weight is 745 g/mol. The first kappa shape index (κ1) is 47.6. The molecule has 0 aromatic rings. The van der Waals surface area contributed by atoms with Crippen molar-refractivity contribution in [2.75, 3.05) is 13.1 Å². The number of rotatable bonds is 24. The van der Waals surface area contributed by atoms with Crippen LogP contribution < -0.4 is 43.0 Å². The molecule has 1 unspecified atom stereocenters. The van der Waals surface area contributed by atoms with Crippen LogP contribution in [-0.2, 0) is 38.4 Å². The largest absolute Gasteiger partial charge is 0.480 e. The van der Waals surface area contributed by atoms with E-state index in [9.17, 15) is 48.6 Å². The Morgan fingerprint density at radius 1 is 0.615 bits per heavy atom. The van der Waals surface area contributed by atoms with Crippen LogP contribution in [0.3, 0.4) is 0 Å². The molecule has 9 atom stereocenters. The number of nitrogens with one attached hydrogen (secondary N) is 7. The second-order valence-electron chi connectivity index (χ2n) is 13.4. The first-order chi connectivity index (χ1) is 24.2. The molecule has 0 aromatic carbocycles. The van der Waals surface area contributed by atoms with Crippen molar-refractivity contribution in [1.29, 1.82) is 0 Å². The number of carbonyl (C=O) groups is 8. The molecule has 19 nitrogen and oxygen atoms in total. The first-order valence-electron chi connectivity index (χ1n) is 17.5. The minimum Gasteiger partial charge on any atom is -0.480 e. The fraction of sp³-hybridized carbons (Fsp3) is 0.758. The van der Waals surface area contributed by atoms with Gasteiger partial charge in [0.25, 0.3) is 0 Å². The molecule has 0 radical (unpaired) electrons. The molecule has 7 amide bonds. The lowest BCUT2D eigenvalue weighted by Crippen LogP contribution is -2.60. The molecule has 0 fully saturated rings. The summed E-state index contributed by atoms with van der Waals surface area (Å²) in [5.41, 5.74) is 5.56. The van der Waals surface area contributed by atoms with Crippen molar-refractivity contribution in [1.82, 2.24) is 37.2 Å². The van der Waals surface area contributed by atoms with E-state index in [2.05, 4.69) is 37.2 Å². The predicted molar refractivity (Wildman–Crippen MR) is 189 cm³/mol. The molecule has 0 aromatic heterocycles. The van der Waals surface area contributed by atoms with Gasteiger partial charge in [-0.05, 0) is 65.3 Å². The summed E-state index contributed by atoms with van der Waals surface area (Å²) in [6, 6.07) is -7.32. The number of hydrogen-bond acceptors (Lipinski definition) is 11. The van der Waals surface area contributed by atoms with Gasteiger partial charge in [0.1, 0.15) is 36.3 Å². The van der Waals surface area contributed by atoms with Gasteiger partial charge in [-0.3, -0.25) is 38.4 Å². The molecule has 0 aliphatic rings. The van der Waals surface area contributed by atoms with Crippen molar-refractivity contribution < 1.29 is 53.7 Å². The van der Waals surface area contributed by atoms with Gasteiger partial charge in [-0.1, -0.05) is 34.1 Å². The van der Waals surface area contributed by atoms with E-state index in [0.29, 0.717) is 25.8 Å². The van der Waals surface area contributed by atoms with Crippen LogP contribution in [0.2, 0.25) is 0 Å². The maximum absolute atomic E-state index is 13.4. The summed E-state index contributed by atoms with van der Waals surface area (Å²) in [5, 5.41) is 45.8. The number of carboxylic acids is 1. The second kappa shape index (κ2) is 24.0. The van der Waals surface area contributed by atoms with E-state index < -0.39 is 114 Å². The number of unbranched alkanes of at least 4 members (excludes halogenated alkanes) is 1. The van der Waals surface area contributed by atoms with Crippen LogP contribution in [0.15, 0.2) is 0 Å². The smallest absolute Gasteiger partial charge is 0.325 e. The van der Waals surface area contributed by atoms with Gasteiger partial charge in [-0.15, -0.1) is 0 Å². The summed E-state index contributed by atoms with van der Waals surface area (Å²) in [7, 11) is 0. The quantitative estimate of drug-likeness (QED) is 0.0444. The molecule has 0 aliphatic heterocycles. The van der Waals surface area contributed by atoms with Crippen LogP contribution >= 0.6 is 0 Å². The highest BCUT2D eigenvalue weighted by Crippen LogP contribution is 2.11. The molecule has 52 heavy (non-hydrogen) atoms. The van der Waals surface area contributed by atoms with Crippen LogP contribution in [0.25, 0.3) is 0 Å². The van der Waals surface area contributed by atoms with Crippen molar-refractivity contribution in [3.8, 4) is 0 Å². The zero-order chi connectivity index (χ0) is 40.3. The normalized spacial score (nSPS) is 16.3. The van der Waals surface area contributed by atoms with Gasteiger partial charge in [0.05, 0.1) is 25.2 Å². The molecule has 298 valence electrons. The number of aliphatic hydroxyl groups is 2. The van der Waals surface area contributed by atoms with Gasteiger partial charge < -0.3 is 58.3 Å². The monoisotopic (exact) mass is 744 g/mol. The van der Waals surface area contributed by atoms with E-state index in [4.69, 9.17) is 10.8 Å². The highest BCUT2D eigenvalue weighted by Gasteiger charge is 2.34. The Kier molecular flexibility index (Phi) is 22.0. The minimum atomic E-state index is -1.54. The maximum atomic E-state index is 13.4. The van der Waals surface area contributed by atoms with E-state index >= 15 is 0 Å². The van der Waals surface area contributed by atoms with Crippen molar-refractivity contribution >= 4 is 47.3 Å². The Morgan fingerprint density at radius 2 is 1.17 bits per heavy atom. The third-order valence-corrected chi connectivity index (χ3v) is 8.11. The van der Waals surface area contributed by atoms with Crippen molar-refractivity contribution in [2.45, 2.75) is 136 Å². The fourth-order valence-corrected chi connectivity index (χ4v) is 4.70. The molecule has 19 heteroatoms. The lowest BCUT2D eigenvalue weighted by atomic mass is 9.96. The van der Waals surface area contributed by atoms with E-state index in [0.717, 1.165) is 0 Å². The van der Waals surface area contributed by atoms with E-state index in [1.54, 1.807) is 27.7 Å². The van der Waals surface area contributed by atoms with Crippen LogP contribution in [-0.4, -0.2) is 124 Å². The average Bonchev–Trinajstić information content (AvgIpc) is 3.05. The molecule has 0 saturated heterocycles. The first-order valence-corrected chi connectivity index (χ1v) is 17.5. The third-order valence-electron chi connectivity index (χ3n) is 8.11. The standard InChI is InChI=1S/C33H60N8O11/c1-9-17(4)26(40-31(49)25(16(2)3)39-28(46)19(6)36-23(44)14-18(5)42)30(48)35-15-24(45)38-22(12-10-11-13-34)29(47)41-27(21(8)43)32(50)37-20(7)33(51)52/h16-22,25-27,42-43H,9-15,34H2,1-8H3,(H,35,48)(H,36,44)(H,37,50)(H,38,45)(H,39,46)(H,40,49)(H,41,47)(H,51,52)/t17-,18?,19-,20-,21+,22-,25-,26-,27-/m0/s1. The summed E-state index contributed by atoms with van der Waals surface area (Å²) >= 11 is 0. The number of carboxylic acid groups (broad SMARTS) is 1. The van der Waals surface area contributed by atoms with Crippen LogP contribution in [0.1, 0.15) is 87.5 Å². The highest BCUT2D eigenvalue weighted by molar-refractivity contribution is 5.96. The molecule has 0 rings (SSSR count). The molecule has 0 spiro atoms. The SMILES string of the molecule is CC[C@H](C)[C@H](NC(=O)[C@@H](NC(=O)[C@H](C)NC(=O)CC(C)O)C(C)C)C(=O)NCC(=O)N[C@@H](CCCCN)C(=O)N[C@H](C(=O)N[C@@H](C)C(=O)O)[C@@H](C)O. The Bertz CT molecular complexity index is 1230. The van der Waals surface area contributed by atoms with E-state index in [1.807, 2.05) is 0 Å². The van der Waals surface area contributed by atoms with Crippen molar-refractivity contribution in [3.05, 3.63) is 0 Å². The van der Waals surface area contributed by atoms with Gasteiger partial charge in [-0.2, -0.15) is 0 Å². The molecule has 0 heterocycles. The van der Waals surface area contributed by atoms with Crippen molar-refractivity contribution in [2.24, 2.45) is 17.6 Å². The Morgan fingerprint density at radius 3 is 1.67 bits per heavy atom. The van der Waals surface area contributed by atoms with E-state index in [-0.39, 0.29) is 12.8 Å². The van der Waals surface area contributed by atoms with Gasteiger partial charge in [0.2, 0.25) is 41.4 Å². The summed E-state index contributed by atoms with van der Waals surface area (Å²) < 4.78 is 0. The number of hydrogen-bond donors (Lipinski definition) is 11. The van der Waals surface area contributed by atoms with Crippen molar-refractivity contribution in [3.63, 3.8) is 0 Å². The molecular formula is C33H60N8O11. The Balaban J connectivity index is 5.70. The van der Waals surface area contributed by atoms with Crippen LogP contribution in [0.5, 0.6) is 0 Å². The third kappa shape index (κ3) is 17.7. The van der Waals surface area contributed by atoms with Gasteiger partial charge in [0.15, 0.2) is 0 Å². The second-order valence-corrected chi connectivity index (χ2v) is 13.4. The zero-order valence-electron chi connectivity index (χ0n) is 31.4. The molecule has 0 saturated carbocycles. The van der Waals surface area contributed by atoms with Gasteiger partial charge in [-0.25, -0.2) is 0 Å². The Labute approximate surface area is 304 Å². The summed E-state index contributed by atoms with van der Waals surface area (Å²) in [4.78, 5) is 101. The molecule has 0 bridgehead atoms. The number of carbonyl (C=O) groups excluding carboxylic acids is 7. The summed E-state index contributed by atoms with van der Waals surface area (Å²) in [6.45, 7) is 11.8. The number of amides is 7. The lowest BCUT2D eigenvalue weighted by Gasteiger charge is -2.29. The summed E-state index contributed by atoms with van der Waals surface area (Å²) in [6.07, 6.45) is -1.13. The van der Waals surface area contributed by atoms with E-state index in [1.165, 1.54) is 27.7 Å². The predicted octanol–water partition coefficient (Wildman–Crippen LogP) is -2.88. The maximum Gasteiger partial charge on any atom is 0.325 e. The number of nitrogens with two attached hydrogens (primary N) is 1.